The number of carbonyl (C=O) groups excluding carboxylic acids is 2. The van der Waals surface area contributed by atoms with Gasteiger partial charge in [0.2, 0.25) is 11.8 Å². The molecular formula is C14H17FN2O4S. The lowest BCUT2D eigenvalue weighted by Crippen LogP contribution is -2.42. The van der Waals surface area contributed by atoms with Crippen molar-refractivity contribution in [3.63, 3.8) is 0 Å². The molecule has 2 rings (SSSR count). The Kier molecular flexibility index (Phi) is 5.12. The molecule has 8 heteroatoms. The first kappa shape index (κ1) is 16.4. The van der Waals surface area contributed by atoms with Crippen LogP contribution in [-0.4, -0.2) is 44.3 Å². The van der Waals surface area contributed by atoms with Gasteiger partial charge in [-0.2, -0.15) is 0 Å². The molecule has 6 nitrogen and oxygen atoms in total. The largest absolute Gasteiger partial charge is 0.351 e. The minimum Gasteiger partial charge on any atom is -0.351 e. The van der Waals surface area contributed by atoms with Crippen molar-refractivity contribution in [3.8, 4) is 0 Å². The molecule has 0 aromatic heterocycles. The molecule has 1 aliphatic heterocycles. The van der Waals surface area contributed by atoms with Gasteiger partial charge < -0.3 is 10.6 Å². The summed E-state index contributed by atoms with van der Waals surface area (Å²) in [7, 11) is -3.05. The third-order valence-electron chi connectivity index (χ3n) is 3.30. The fourth-order valence-electron chi connectivity index (χ4n) is 2.26. The van der Waals surface area contributed by atoms with Crippen molar-refractivity contribution in [1.82, 2.24) is 10.6 Å². The summed E-state index contributed by atoms with van der Waals surface area (Å²) in [5.74, 6) is -1.25. The summed E-state index contributed by atoms with van der Waals surface area (Å²) in [6, 6.07) is 5.27. The molecule has 22 heavy (non-hydrogen) atoms. The van der Waals surface area contributed by atoms with E-state index < -0.39 is 33.5 Å². The maximum atomic E-state index is 13.0. The Morgan fingerprint density at radius 3 is 2.68 bits per heavy atom. The van der Waals surface area contributed by atoms with Crippen LogP contribution >= 0.6 is 0 Å². The zero-order valence-corrected chi connectivity index (χ0v) is 12.7. The molecule has 0 bridgehead atoms. The Morgan fingerprint density at radius 2 is 2.05 bits per heavy atom. The van der Waals surface area contributed by atoms with Crippen molar-refractivity contribution in [2.24, 2.45) is 0 Å². The highest BCUT2D eigenvalue weighted by Gasteiger charge is 2.28. The van der Waals surface area contributed by atoms with Crippen LogP contribution < -0.4 is 10.6 Å². The molecule has 1 atom stereocenters. The van der Waals surface area contributed by atoms with Gasteiger partial charge in [0.25, 0.3) is 0 Å². The Hall–Kier alpha value is -1.96. The van der Waals surface area contributed by atoms with Crippen LogP contribution in [0.2, 0.25) is 0 Å². The van der Waals surface area contributed by atoms with Crippen molar-refractivity contribution >= 4 is 21.7 Å². The topological polar surface area (TPSA) is 92.3 Å². The Balaban J connectivity index is 1.73. The predicted octanol–water partition coefficient (Wildman–Crippen LogP) is -0.212. The van der Waals surface area contributed by atoms with E-state index in [1.165, 1.54) is 18.2 Å². The molecule has 0 aliphatic carbocycles. The van der Waals surface area contributed by atoms with E-state index in [1.54, 1.807) is 6.07 Å². The summed E-state index contributed by atoms with van der Waals surface area (Å²) in [6.45, 7) is -0.231. The van der Waals surface area contributed by atoms with Crippen LogP contribution in [0.4, 0.5) is 4.39 Å². The smallest absolute Gasteiger partial charge is 0.239 e. The Labute approximate surface area is 128 Å². The highest BCUT2D eigenvalue weighted by Crippen LogP contribution is 2.10. The highest BCUT2D eigenvalue weighted by molar-refractivity contribution is 7.91. The second kappa shape index (κ2) is 6.87. The van der Waals surface area contributed by atoms with E-state index in [0.29, 0.717) is 12.0 Å². The summed E-state index contributed by atoms with van der Waals surface area (Å²) < 4.78 is 35.5. The molecular weight excluding hydrogens is 311 g/mol. The van der Waals surface area contributed by atoms with Gasteiger partial charge in [-0.15, -0.1) is 0 Å². The van der Waals surface area contributed by atoms with Crippen LogP contribution in [0.15, 0.2) is 24.3 Å². The average molecular weight is 328 g/mol. The van der Waals surface area contributed by atoms with E-state index >= 15 is 0 Å². The standard InChI is InChI=1S/C14H17FN2O4S/c15-11-3-1-2-10(6-11)7-13(18)16-8-14(19)17-12-4-5-22(20,21)9-12/h1-3,6,12H,4-5,7-9H2,(H,16,18)(H,17,19). The van der Waals surface area contributed by atoms with Gasteiger partial charge in [-0.05, 0) is 24.1 Å². The maximum Gasteiger partial charge on any atom is 0.239 e. The zero-order chi connectivity index (χ0) is 16.2. The molecule has 1 aliphatic rings. The summed E-state index contributed by atoms with van der Waals surface area (Å²) in [4.78, 5) is 23.3. The minimum absolute atomic E-state index is 0.0250. The van der Waals surface area contributed by atoms with Crippen LogP contribution in [0.5, 0.6) is 0 Å². The summed E-state index contributed by atoms with van der Waals surface area (Å²) >= 11 is 0. The van der Waals surface area contributed by atoms with Gasteiger partial charge in [0.15, 0.2) is 9.84 Å². The van der Waals surface area contributed by atoms with Crippen LogP contribution in [0.1, 0.15) is 12.0 Å². The fourth-order valence-corrected chi connectivity index (χ4v) is 3.93. The van der Waals surface area contributed by atoms with Gasteiger partial charge in [0.05, 0.1) is 24.5 Å². The van der Waals surface area contributed by atoms with Gasteiger partial charge in [0, 0.05) is 6.04 Å². The lowest BCUT2D eigenvalue weighted by molar-refractivity contribution is -0.126. The number of benzene rings is 1. The number of carbonyl (C=O) groups is 2. The third-order valence-corrected chi connectivity index (χ3v) is 5.07. The lowest BCUT2D eigenvalue weighted by atomic mass is 10.1. The zero-order valence-electron chi connectivity index (χ0n) is 11.8. The van der Waals surface area contributed by atoms with E-state index in [1.807, 2.05) is 0 Å². The molecule has 2 N–H and O–H groups in total. The van der Waals surface area contributed by atoms with Crippen molar-refractivity contribution in [2.45, 2.75) is 18.9 Å². The van der Waals surface area contributed by atoms with Crippen LogP contribution in [-0.2, 0) is 25.8 Å². The number of hydrogen-bond acceptors (Lipinski definition) is 4. The number of nitrogens with one attached hydrogen (secondary N) is 2. The minimum atomic E-state index is -3.05. The SMILES string of the molecule is O=C(Cc1cccc(F)c1)NCC(=O)NC1CCS(=O)(=O)C1. The maximum absolute atomic E-state index is 13.0. The normalized spacial score (nSPS) is 19.6. The molecule has 1 fully saturated rings. The summed E-state index contributed by atoms with van der Waals surface area (Å²) in [5, 5.41) is 4.99. The van der Waals surface area contributed by atoms with E-state index in [-0.39, 0.29) is 24.5 Å². The van der Waals surface area contributed by atoms with Gasteiger partial charge in [-0.1, -0.05) is 12.1 Å². The molecule has 120 valence electrons. The van der Waals surface area contributed by atoms with Crippen LogP contribution in [0.3, 0.4) is 0 Å². The fraction of sp³-hybridized carbons (Fsp3) is 0.429. The van der Waals surface area contributed by atoms with Crippen LogP contribution in [0.25, 0.3) is 0 Å². The van der Waals surface area contributed by atoms with Crippen molar-refractivity contribution in [1.29, 1.82) is 0 Å². The second-order valence-corrected chi connectivity index (χ2v) is 7.48. The number of halogens is 1. The van der Waals surface area contributed by atoms with Crippen molar-refractivity contribution in [2.75, 3.05) is 18.1 Å². The van der Waals surface area contributed by atoms with E-state index in [9.17, 15) is 22.4 Å². The molecule has 1 aromatic rings. The Morgan fingerprint density at radius 1 is 1.27 bits per heavy atom. The number of hydrogen-bond donors (Lipinski definition) is 2. The summed E-state index contributed by atoms with van der Waals surface area (Å²) in [5.41, 5.74) is 0.514. The molecule has 2 amide bonds. The number of sulfone groups is 1. The van der Waals surface area contributed by atoms with E-state index in [0.717, 1.165) is 0 Å². The van der Waals surface area contributed by atoms with Crippen LogP contribution in [0, 0.1) is 5.82 Å². The van der Waals surface area contributed by atoms with Gasteiger partial charge >= 0.3 is 0 Å². The first-order valence-corrected chi connectivity index (χ1v) is 8.67. The van der Waals surface area contributed by atoms with E-state index in [2.05, 4.69) is 10.6 Å². The monoisotopic (exact) mass is 328 g/mol. The molecule has 1 unspecified atom stereocenters. The van der Waals surface area contributed by atoms with Crippen molar-refractivity contribution < 1.29 is 22.4 Å². The van der Waals surface area contributed by atoms with Crippen molar-refractivity contribution in [3.05, 3.63) is 35.6 Å². The Bertz CT molecular complexity index is 675. The van der Waals surface area contributed by atoms with Gasteiger partial charge in [0.1, 0.15) is 5.82 Å². The van der Waals surface area contributed by atoms with E-state index in [4.69, 9.17) is 0 Å². The third kappa shape index (κ3) is 5.10. The highest BCUT2D eigenvalue weighted by atomic mass is 32.2. The van der Waals surface area contributed by atoms with Gasteiger partial charge in [-0.25, -0.2) is 12.8 Å². The molecule has 1 heterocycles. The first-order valence-electron chi connectivity index (χ1n) is 6.85. The quantitative estimate of drug-likeness (QED) is 0.782. The number of amides is 2. The molecule has 0 radical (unpaired) electrons. The molecule has 0 saturated carbocycles. The lowest BCUT2D eigenvalue weighted by Gasteiger charge is -2.11. The second-order valence-electron chi connectivity index (χ2n) is 5.25. The van der Waals surface area contributed by atoms with Gasteiger partial charge in [-0.3, -0.25) is 9.59 Å². The number of rotatable bonds is 5. The predicted molar refractivity (Wildman–Crippen MR) is 78.3 cm³/mol. The first-order chi connectivity index (χ1) is 10.3. The summed E-state index contributed by atoms with van der Waals surface area (Å²) in [6.07, 6.45) is 0.369. The molecule has 0 spiro atoms. The average Bonchev–Trinajstić information content (AvgIpc) is 2.75. The molecule has 1 aromatic carbocycles. The molecule has 1 saturated heterocycles.